The van der Waals surface area contributed by atoms with Crippen molar-refractivity contribution in [1.82, 2.24) is 5.43 Å². The van der Waals surface area contributed by atoms with Gasteiger partial charge in [0.15, 0.2) is 0 Å². The molecular weight excluding hydrogens is 440 g/mol. The lowest BCUT2D eigenvalue weighted by molar-refractivity contribution is 0.0957. The molecule has 0 spiro atoms. The zero-order valence-electron chi connectivity index (χ0n) is 16.1. The minimum atomic E-state index is -0.259. The van der Waals surface area contributed by atoms with Crippen LogP contribution in [0.2, 0.25) is 0 Å². The Morgan fingerprint density at radius 1 is 0.933 bits per heavy atom. The van der Waals surface area contributed by atoms with E-state index in [-0.39, 0.29) is 5.91 Å². The summed E-state index contributed by atoms with van der Waals surface area (Å²) in [6, 6.07) is 29.0. The van der Waals surface area contributed by atoms with Crippen LogP contribution >= 0.6 is 15.9 Å². The molecule has 0 bridgehead atoms. The number of hydrogen-bond acceptors (Lipinski definition) is 3. The molecule has 0 saturated heterocycles. The van der Waals surface area contributed by atoms with Crippen molar-refractivity contribution in [2.24, 2.45) is 5.10 Å². The molecule has 1 N–H and O–H groups in total. The minimum absolute atomic E-state index is 0.259. The van der Waals surface area contributed by atoms with Crippen LogP contribution < -0.4 is 10.2 Å². The highest BCUT2D eigenvalue weighted by molar-refractivity contribution is 9.10. The average Bonchev–Trinajstić information content (AvgIpc) is 2.79. The van der Waals surface area contributed by atoms with E-state index in [1.54, 1.807) is 12.3 Å². The lowest BCUT2D eigenvalue weighted by Gasteiger charge is -2.10. The fourth-order valence-corrected chi connectivity index (χ4v) is 3.51. The van der Waals surface area contributed by atoms with Crippen molar-refractivity contribution in [2.75, 3.05) is 0 Å². The molecule has 1 amide bonds. The molecule has 0 heterocycles. The van der Waals surface area contributed by atoms with Gasteiger partial charge >= 0.3 is 0 Å². The maximum Gasteiger partial charge on any atom is 0.271 e. The lowest BCUT2D eigenvalue weighted by atomic mass is 10.0. The van der Waals surface area contributed by atoms with Crippen LogP contribution in [0, 0.1) is 0 Å². The fraction of sp³-hybridized carbons (Fsp3) is 0.0400. The van der Waals surface area contributed by atoms with E-state index in [9.17, 15) is 4.79 Å². The highest BCUT2D eigenvalue weighted by atomic mass is 79.9. The van der Waals surface area contributed by atoms with E-state index in [4.69, 9.17) is 4.74 Å². The quantitative estimate of drug-likeness (QED) is 0.286. The number of amides is 1. The molecule has 0 aliphatic heterocycles. The number of nitrogens with zero attached hydrogens (tertiary/aromatic N) is 1. The van der Waals surface area contributed by atoms with E-state index in [0.717, 1.165) is 26.4 Å². The summed E-state index contributed by atoms with van der Waals surface area (Å²) in [5, 5.41) is 6.06. The number of hydrazone groups is 1. The largest absolute Gasteiger partial charge is 0.488 e. The number of ether oxygens (including phenoxy) is 1. The second-order valence-corrected chi connectivity index (χ2v) is 7.60. The first-order valence-electron chi connectivity index (χ1n) is 9.48. The first-order valence-corrected chi connectivity index (χ1v) is 10.3. The molecule has 0 aromatic heterocycles. The summed E-state index contributed by atoms with van der Waals surface area (Å²) in [6.07, 6.45) is 1.59. The van der Waals surface area contributed by atoms with E-state index < -0.39 is 0 Å². The molecule has 4 rings (SSSR count). The van der Waals surface area contributed by atoms with Gasteiger partial charge in [0.05, 0.1) is 6.21 Å². The Balaban J connectivity index is 1.49. The summed E-state index contributed by atoms with van der Waals surface area (Å²) in [5.74, 6) is 0.426. The fourth-order valence-electron chi connectivity index (χ4n) is 3.13. The Bertz CT molecular complexity index is 1200. The second-order valence-electron chi connectivity index (χ2n) is 6.68. The normalized spacial score (nSPS) is 11.0. The Morgan fingerprint density at radius 2 is 1.70 bits per heavy atom. The summed E-state index contributed by atoms with van der Waals surface area (Å²) < 4.78 is 6.85. The van der Waals surface area contributed by atoms with Crippen LogP contribution in [0.4, 0.5) is 0 Å². The maximum atomic E-state index is 12.6. The highest BCUT2D eigenvalue weighted by Gasteiger charge is 2.09. The summed E-state index contributed by atoms with van der Waals surface area (Å²) in [7, 11) is 0. The third kappa shape index (κ3) is 4.75. The van der Waals surface area contributed by atoms with Crippen LogP contribution in [-0.2, 0) is 6.61 Å². The molecule has 4 aromatic carbocycles. The van der Waals surface area contributed by atoms with Gasteiger partial charge in [0, 0.05) is 15.6 Å². The monoisotopic (exact) mass is 458 g/mol. The first-order chi connectivity index (χ1) is 14.7. The molecule has 5 heteroatoms. The number of hydrogen-bond donors (Lipinski definition) is 1. The number of benzene rings is 4. The van der Waals surface area contributed by atoms with Crippen LogP contribution in [0.3, 0.4) is 0 Å². The van der Waals surface area contributed by atoms with Gasteiger partial charge in [-0.1, -0.05) is 82.7 Å². The maximum absolute atomic E-state index is 12.6. The molecule has 0 radical (unpaired) electrons. The van der Waals surface area contributed by atoms with Crippen LogP contribution in [0.5, 0.6) is 5.75 Å². The summed E-state index contributed by atoms with van der Waals surface area (Å²) in [6.45, 7) is 0.450. The first kappa shape index (κ1) is 19.9. The average molecular weight is 459 g/mol. The Labute approximate surface area is 183 Å². The van der Waals surface area contributed by atoms with Crippen molar-refractivity contribution in [1.29, 1.82) is 0 Å². The molecule has 148 valence electrons. The molecule has 4 nitrogen and oxygen atoms in total. The third-order valence-electron chi connectivity index (χ3n) is 4.61. The van der Waals surface area contributed by atoms with Crippen molar-refractivity contribution in [3.05, 3.63) is 112 Å². The van der Waals surface area contributed by atoms with E-state index in [0.29, 0.717) is 17.9 Å². The molecule has 30 heavy (non-hydrogen) atoms. The number of nitrogens with one attached hydrogen (secondary N) is 1. The van der Waals surface area contributed by atoms with Crippen molar-refractivity contribution in [2.45, 2.75) is 6.61 Å². The van der Waals surface area contributed by atoms with Gasteiger partial charge in [-0.25, -0.2) is 5.43 Å². The van der Waals surface area contributed by atoms with Gasteiger partial charge in [-0.2, -0.15) is 5.10 Å². The molecule has 0 unspecified atom stereocenters. The SMILES string of the molecule is O=C(NN=Cc1cc(Br)ccc1OCc1ccccc1)c1cccc2ccccc12. The van der Waals surface area contributed by atoms with Crippen LogP contribution in [0.15, 0.2) is 101 Å². The van der Waals surface area contributed by atoms with Crippen molar-refractivity contribution in [3.63, 3.8) is 0 Å². The third-order valence-corrected chi connectivity index (χ3v) is 5.11. The molecule has 4 aromatic rings. The Hall–Kier alpha value is -3.44. The van der Waals surface area contributed by atoms with E-state index in [1.165, 1.54) is 0 Å². The summed E-state index contributed by atoms with van der Waals surface area (Å²) in [4.78, 5) is 12.6. The topological polar surface area (TPSA) is 50.7 Å². The van der Waals surface area contributed by atoms with Gasteiger partial charge in [0.2, 0.25) is 0 Å². The summed E-state index contributed by atoms with van der Waals surface area (Å²) >= 11 is 3.47. The van der Waals surface area contributed by atoms with Crippen molar-refractivity contribution >= 4 is 38.8 Å². The second kappa shape index (κ2) is 9.37. The molecule has 0 saturated carbocycles. The Kier molecular flexibility index (Phi) is 6.20. The number of carbonyl (C=O) groups excluding carboxylic acids is 1. The van der Waals surface area contributed by atoms with Gasteiger partial charge in [0.1, 0.15) is 12.4 Å². The summed E-state index contributed by atoms with van der Waals surface area (Å²) in [5.41, 5.74) is 5.04. The lowest BCUT2D eigenvalue weighted by Crippen LogP contribution is -2.18. The van der Waals surface area contributed by atoms with Crippen molar-refractivity contribution < 1.29 is 9.53 Å². The van der Waals surface area contributed by atoms with Gasteiger partial charge in [0.25, 0.3) is 5.91 Å². The smallest absolute Gasteiger partial charge is 0.271 e. The van der Waals surface area contributed by atoms with Crippen molar-refractivity contribution in [3.8, 4) is 5.75 Å². The number of halogens is 1. The zero-order chi connectivity index (χ0) is 20.8. The number of rotatable bonds is 6. The molecule has 0 aliphatic rings. The predicted molar refractivity (Wildman–Crippen MR) is 124 cm³/mol. The minimum Gasteiger partial charge on any atom is -0.488 e. The van der Waals surface area contributed by atoms with Gasteiger partial charge in [-0.05, 0) is 40.6 Å². The predicted octanol–water partition coefficient (Wildman–Crippen LogP) is 5.95. The molecule has 0 fully saturated rings. The molecular formula is C25H19BrN2O2. The standard InChI is InChI=1S/C25H19BrN2O2/c26-21-13-14-24(30-17-18-7-2-1-3-8-18)20(15-21)16-27-28-25(29)23-12-6-10-19-9-4-5-11-22(19)23/h1-16H,17H2,(H,28,29). The van der Waals surface area contributed by atoms with Crippen LogP contribution in [0.1, 0.15) is 21.5 Å². The Morgan fingerprint density at radius 3 is 2.57 bits per heavy atom. The van der Waals surface area contributed by atoms with Gasteiger partial charge < -0.3 is 4.74 Å². The van der Waals surface area contributed by atoms with E-state index >= 15 is 0 Å². The number of fused-ring (bicyclic) bond motifs is 1. The van der Waals surface area contributed by atoms with Gasteiger partial charge in [-0.3, -0.25) is 4.79 Å². The molecule has 0 atom stereocenters. The van der Waals surface area contributed by atoms with E-state index in [1.807, 2.05) is 84.9 Å². The zero-order valence-corrected chi connectivity index (χ0v) is 17.7. The van der Waals surface area contributed by atoms with E-state index in [2.05, 4.69) is 26.5 Å². The highest BCUT2D eigenvalue weighted by Crippen LogP contribution is 2.23. The molecule has 0 aliphatic carbocycles. The van der Waals surface area contributed by atoms with Gasteiger partial charge in [-0.15, -0.1) is 0 Å². The van der Waals surface area contributed by atoms with Crippen LogP contribution in [-0.4, -0.2) is 12.1 Å². The van der Waals surface area contributed by atoms with Crippen LogP contribution in [0.25, 0.3) is 10.8 Å². The number of carbonyl (C=O) groups is 1.